The smallest absolute Gasteiger partial charge is 0.260 e. The number of hydrogen-bond donors (Lipinski definition) is 1. The van der Waals surface area contributed by atoms with E-state index in [-0.39, 0.29) is 17.2 Å². The Labute approximate surface area is 154 Å². The summed E-state index contributed by atoms with van der Waals surface area (Å²) in [4.78, 5) is 34.4. The predicted molar refractivity (Wildman–Crippen MR) is 104 cm³/mol. The fourth-order valence-electron chi connectivity index (χ4n) is 2.63. The van der Waals surface area contributed by atoms with Gasteiger partial charge in [0.25, 0.3) is 5.56 Å². The molecule has 0 unspecified atom stereocenters. The number of aromatic nitrogens is 2. The van der Waals surface area contributed by atoms with Gasteiger partial charge in [0, 0.05) is 24.0 Å². The molecule has 0 aliphatic heterocycles. The van der Waals surface area contributed by atoms with Gasteiger partial charge in [-0.15, -0.1) is 11.3 Å². The predicted octanol–water partition coefficient (Wildman–Crippen LogP) is 3.61. The number of carbonyl (C=O) groups excluding carboxylic acids is 1. The molecule has 2 heterocycles. The summed E-state index contributed by atoms with van der Waals surface area (Å²) in [6, 6.07) is 9.80. The number of nitrogens with one attached hydrogen (secondary N) is 1. The third kappa shape index (κ3) is 3.77. The zero-order valence-corrected chi connectivity index (χ0v) is 15.7. The highest BCUT2D eigenvalue weighted by Crippen LogP contribution is 2.31. The number of carbonyl (C=O) groups is 1. The molecule has 0 saturated carbocycles. The molecule has 0 atom stereocenters. The van der Waals surface area contributed by atoms with Crippen LogP contribution in [0.15, 0.2) is 45.7 Å². The molecule has 7 heteroatoms. The highest BCUT2D eigenvalue weighted by molar-refractivity contribution is 7.99. The van der Waals surface area contributed by atoms with Gasteiger partial charge < -0.3 is 9.88 Å². The second-order valence-corrected chi connectivity index (χ2v) is 7.24. The van der Waals surface area contributed by atoms with E-state index in [0.717, 1.165) is 11.1 Å². The molecule has 25 heavy (non-hydrogen) atoms. The zero-order chi connectivity index (χ0) is 17.8. The summed E-state index contributed by atoms with van der Waals surface area (Å²) in [7, 11) is 0. The number of hydrogen-bond acceptors (Lipinski definition) is 5. The molecule has 3 aromatic rings. The highest BCUT2D eigenvalue weighted by atomic mass is 32.2. The first-order chi connectivity index (χ1) is 12.1. The summed E-state index contributed by atoms with van der Waals surface area (Å²) in [6.07, 6.45) is 0. The van der Waals surface area contributed by atoms with E-state index >= 15 is 0 Å². The molecule has 3 rings (SSSR count). The van der Waals surface area contributed by atoms with Crippen molar-refractivity contribution < 1.29 is 4.79 Å². The average molecular weight is 374 g/mol. The summed E-state index contributed by atoms with van der Waals surface area (Å²) in [5.41, 5.74) is 1.73. The average Bonchev–Trinajstić information content (AvgIpc) is 3.06. The third-order valence-corrected chi connectivity index (χ3v) is 5.69. The van der Waals surface area contributed by atoms with Crippen molar-refractivity contribution in [3.05, 3.63) is 46.1 Å². The minimum absolute atomic E-state index is 0.0499. The monoisotopic (exact) mass is 373 g/mol. The van der Waals surface area contributed by atoms with E-state index in [4.69, 9.17) is 0 Å². The van der Waals surface area contributed by atoms with Gasteiger partial charge in [-0.2, -0.15) is 0 Å². The Morgan fingerprint density at radius 2 is 1.96 bits per heavy atom. The second-order valence-electron chi connectivity index (χ2n) is 5.42. The topological polar surface area (TPSA) is 66.1 Å². The van der Waals surface area contributed by atoms with Gasteiger partial charge in [0.15, 0.2) is 5.16 Å². The fraction of sp³-hybridized carbons (Fsp3) is 0.278. The molecule has 0 saturated heterocycles. The van der Waals surface area contributed by atoms with Crippen LogP contribution in [0.1, 0.15) is 13.8 Å². The lowest BCUT2D eigenvalue weighted by Crippen LogP contribution is -2.32. The zero-order valence-electron chi connectivity index (χ0n) is 14.1. The van der Waals surface area contributed by atoms with Crippen LogP contribution in [-0.2, 0) is 4.79 Å². The van der Waals surface area contributed by atoms with Crippen LogP contribution in [0, 0.1) is 0 Å². The van der Waals surface area contributed by atoms with E-state index in [0.29, 0.717) is 28.5 Å². The highest BCUT2D eigenvalue weighted by Gasteiger charge is 2.15. The van der Waals surface area contributed by atoms with E-state index in [1.807, 2.05) is 49.6 Å². The maximum atomic E-state index is 12.5. The first-order valence-corrected chi connectivity index (χ1v) is 9.98. The molecular weight excluding hydrogens is 354 g/mol. The standard InChI is InChI=1S/C18H19N3O2S2/c1-3-21(4-2)14(22)11-25-18-19-16(23)15-13(10-24-17(15)20-18)12-8-6-5-7-9-12/h5-10H,3-4,11H2,1-2H3,(H,19,20,23). The maximum Gasteiger partial charge on any atom is 0.260 e. The van der Waals surface area contributed by atoms with Gasteiger partial charge in [-0.3, -0.25) is 9.59 Å². The Bertz CT molecular complexity index is 930. The van der Waals surface area contributed by atoms with Crippen LogP contribution in [-0.4, -0.2) is 39.6 Å². The van der Waals surface area contributed by atoms with E-state index in [1.54, 1.807) is 4.90 Å². The van der Waals surface area contributed by atoms with Crippen molar-refractivity contribution in [1.29, 1.82) is 0 Å². The van der Waals surface area contributed by atoms with Crippen molar-refractivity contribution in [3.8, 4) is 11.1 Å². The Morgan fingerprint density at radius 3 is 2.64 bits per heavy atom. The number of fused-ring (bicyclic) bond motifs is 1. The van der Waals surface area contributed by atoms with Crippen LogP contribution >= 0.6 is 23.1 Å². The van der Waals surface area contributed by atoms with E-state index < -0.39 is 0 Å². The van der Waals surface area contributed by atoms with Crippen molar-refractivity contribution in [1.82, 2.24) is 14.9 Å². The summed E-state index contributed by atoms with van der Waals surface area (Å²) < 4.78 is 0. The molecule has 5 nitrogen and oxygen atoms in total. The molecule has 130 valence electrons. The molecular formula is C18H19N3O2S2. The van der Waals surface area contributed by atoms with Crippen LogP contribution in [0.5, 0.6) is 0 Å². The molecule has 0 fully saturated rings. The lowest BCUT2D eigenvalue weighted by Gasteiger charge is -2.17. The van der Waals surface area contributed by atoms with Gasteiger partial charge in [-0.25, -0.2) is 4.98 Å². The number of benzene rings is 1. The van der Waals surface area contributed by atoms with Crippen molar-refractivity contribution in [2.24, 2.45) is 0 Å². The van der Waals surface area contributed by atoms with Crippen molar-refractivity contribution in [3.63, 3.8) is 0 Å². The van der Waals surface area contributed by atoms with Crippen molar-refractivity contribution in [2.45, 2.75) is 19.0 Å². The number of aromatic amines is 1. The summed E-state index contributed by atoms with van der Waals surface area (Å²) in [5, 5.41) is 3.05. The Kier molecular flexibility index (Phi) is 5.55. The van der Waals surface area contributed by atoms with Gasteiger partial charge in [0.2, 0.25) is 5.91 Å². The number of thioether (sulfide) groups is 1. The molecule has 0 aliphatic carbocycles. The second kappa shape index (κ2) is 7.84. The number of thiophene rings is 1. The SMILES string of the molecule is CCN(CC)C(=O)CSc1nc2scc(-c3ccccc3)c2c(=O)[nH]1. The fourth-order valence-corrected chi connectivity index (χ4v) is 4.39. The molecule has 1 amide bonds. The minimum Gasteiger partial charge on any atom is -0.343 e. The minimum atomic E-state index is -0.164. The molecule has 1 N–H and O–H groups in total. The first-order valence-electron chi connectivity index (χ1n) is 8.11. The van der Waals surface area contributed by atoms with Gasteiger partial charge >= 0.3 is 0 Å². The third-order valence-electron chi connectivity index (χ3n) is 3.96. The van der Waals surface area contributed by atoms with Gasteiger partial charge in [-0.05, 0) is 19.4 Å². The molecule has 2 aromatic heterocycles. The van der Waals surface area contributed by atoms with Crippen molar-refractivity contribution >= 4 is 39.2 Å². The molecule has 1 aromatic carbocycles. The Hall–Kier alpha value is -2.12. The van der Waals surface area contributed by atoms with Crippen LogP contribution in [0.3, 0.4) is 0 Å². The molecule has 0 spiro atoms. The van der Waals surface area contributed by atoms with Gasteiger partial charge in [0.05, 0.1) is 11.1 Å². The Morgan fingerprint density at radius 1 is 1.24 bits per heavy atom. The summed E-state index contributed by atoms with van der Waals surface area (Å²) in [5.74, 6) is 0.321. The largest absolute Gasteiger partial charge is 0.343 e. The number of H-pyrrole nitrogens is 1. The first kappa shape index (κ1) is 17.7. The number of rotatable bonds is 6. The lowest BCUT2D eigenvalue weighted by atomic mass is 10.1. The number of nitrogens with zero attached hydrogens (tertiary/aromatic N) is 2. The Balaban J connectivity index is 1.86. The maximum absolute atomic E-state index is 12.5. The van der Waals surface area contributed by atoms with Crippen molar-refractivity contribution in [2.75, 3.05) is 18.8 Å². The summed E-state index contributed by atoms with van der Waals surface area (Å²) in [6.45, 7) is 5.28. The molecule has 0 bridgehead atoms. The quantitative estimate of drug-likeness (QED) is 0.529. The van der Waals surface area contributed by atoms with Crippen LogP contribution in [0.4, 0.5) is 0 Å². The van der Waals surface area contributed by atoms with Crippen LogP contribution < -0.4 is 5.56 Å². The van der Waals surface area contributed by atoms with E-state index in [9.17, 15) is 9.59 Å². The van der Waals surface area contributed by atoms with Gasteiger partial charge in [0.1, 0.15) is 4.83 Å². The summed E-state index contributed by atoms with van der Waals surface area (Å²) >= 11 is 2.72. The lowest BCUT2D eigenvalue weighted by molar-refractivity contribution is -0.127. The number of amides is 1. The van der Waals surface area contributed by atoms with Crippen LogP contribution in [0.2, 0.25) is 0 Å². The van der Waals surface area contributed by atoms with Crippen LogP contribution in [0.25, 0.3) is 21.3 Å². The van der Waals surface area contributed by atoms with E-state index in [1.165, 1.54) is 23.1 Å². The van der Waals surface area contributed by atoms with Gasteiger partial charge in [-0.1, -0.05) is 42.1 Å². The molecule has 0 aliphatic rings. The van der Waals surface area contributed by atoms with E-state index in [2.05, 4.69) is 9.97 Å². The normalized spacial score (nSPS) is 11.0. The molecule has 0 radical (unpaired) electrons.